The molecule has 0 saturated heterocycles. The molecule has 0 bridgehead atoms. The summed E-state index contributed by atoms with van der Waals surface area (Å²) in [5, 5.41) is 9.15. The zero-order chi connectivity index (χ0) is 20.1. The number of ether oxygens (including phenoxy) is 1. The van der Waals surface area contributed by atoms with Crippen LogP contribution in [0.4, 0.5) is 4.39 Å². The molecular weight excluding hydrogens is 381 g/mol. The average molecular weight is 401 g/mol. The van der Waals surface area contributed by atoms with Gasteiger partial charge in [0.15, 0.2) is 0 Å². The van der Waals surface area contributed by atoms with Gasteiger partial charge in [-0.3, -0.25) is 14.5 Å². The van der Waals surface area contributed by atoms with Crippen molar-refractivity contribution in [1.82, 2.24) is 4.90 Å². The minimum absolute atomic E-state index is 0.125. The van der Waals surface area contributed by atoms with E-state index in [0.717, 1.165) is 16.7 Å². The van der Waals surface area contributed by atoms with Gasteiger partial charge in [-0.05, 0) is 30.7 Å². The maximum Gasteiger partial charge on any atom is 0.268 e. The number of halogens is 1. The van der Waals surface area contributed by atoms with Crippen LogP contribution >= 0.6 is 11.8 Å². The number of nitrogens with zero attached hydrogens (tertiary/aromatic N) is 1. The van der Waals surface area contributed by atoms with Crippen molar-refractivity contribution in [2.75, 3.05) is 19.0 Å². The molecular formula is C21H20FNO4S. The highest BCUT2D eigenvalue weighted by molar-refractivity contribution is 8.04. The summed E-state index contributed by atoms with van der Waals surface area (Å²) in [5.41, 5.74) is 1.12. The molecule has 2 amide bonds. The standard InChI is InChI=1S/C21H20FNO4S/c1-2-27-16-9-7-14(8-10-16)18-19(28-12-11-24)21(26)23(20(18)25)13-15-5-3-4-6-17(15)22/h3-10,24H,2,11-13H2,1H3. The first-order valence-electron chi connectivity index (χ1n) is 8.87. The zero-order valence-electron chi connectivity index (χ0n) is 15.4. The van der Waals surface area contributed by atoms with Crippen molar-refractivity contribution in [1.29, 1.82) is 0 Å². The van der Waals surface area contributed by atoms with Gasteiger partial charge in [0.05, 0.1) is 30.2 Å². The summed E-state index contributed by atoms with van der Waals surface area (Å²) in [6.07, 6.45) is 0. The number of rotatable bonds is 8. The fraction of sp³-hybridized carbons (Fsp3) is 0.238. The lowest BCUT2D eigenvalue weighted by atomic mass is 10.1. The van der Waals surface area contributed by atoms with Crippen LogP contribution in [-0.4, -0.2) is 40.8 Å². The molecule has 0 atom stereocenters. The molecule has 0 aliphatic carbocycles. The van der Waals surface area contributed by atoms with E-state index in [1.165, 1.54) is 6.07 Å². The predicted molar refractivity (Wildman–Crippen MR) is 106 cm³/mol. The summed E-state index contributed by atoms with van der Waals surface area (Å²) in [5.74, 6) is -0.477. The van der Waals surface area contributed by atoms with Gasteiger partial charge in [0.2, 0.25) is 0 Å². The van der Waals surface area contributed by atoms with Crippen molar-refractivity contribution >= 4 is 29.1 Å². The first kappa shape index (κ1) is 20.1. The van der Waals surface area contributed by atoms with Crippen LogP contribution in [0.3, 0.4) is 0 Å². The van der Waals surface area contributed by atoms with Gasteiger partial charge in [0.25, 0.3) is 11.8 Å². The summed E-state index contributed by atoms with van der Waals surface area (Å²) in [6, 6.07) is 13.0. The molecule has 2 aromatic carbocycles. The first-order chi connectivity index (χ1) is 13.6. The van der Waals surface area contributed by atoms with Crippen LogP contribution in [0.15, 0.2) is 53.4 Å². The topological polar surface area (TPSA) is 66.8 Å². The number of benzene rings is 2. The summed E-state index contributed by atoms with van der Waals surface area (Å²) >= 11 is 1.12. The molecule has 0 radical (unpaired) electrons. The second-order valence-electron chi connectivity index (χ2n) is 6.02. The van der Waals surface area contributed by atoms with Crippen molar-refractivity contribution < 1.29 is 23.8 Å². The van der Waals surface area contributed by atoms with Gasteiger partial charge in [-0.15, -0.1) is 11.8 Å². The Bertz CT molecular complexity index is 911. The highest BCUT2D eigenvalue weighted by Gasteiger charge is 2.39. The van der Waals surface area contributed by atoms with E-state index in [2.05, 4.69) is 0 Å². The zero-order valence-corrected chi connectivity index (χ0v) is 16.2. The number of imide groups is 1. The van der Waals surface area contributed by atoms with E-state index in [-0.39, 0.29) is 34.9 Å². The lowest BCUT2D eigenvalue weighted by Gasteiger charge is -2.15. The number of aliphatic hydroxyl groups excluding tert-OH is 1. The van der Waals surface area contributed by atoms with Crippen molar-refractivity contribution in [2.45, 2.75) is 13.5 Å². The Balaban J connectivity index is 1.94. The van der Waals surface area contributed by atoms with Gasteiger partial charge in [0, 0.05) is 11.3 Å². The number of amides is 2. The fourth-order valence-corrected chi connectivity index (χ4v) is 3.79. The second kappa shape index (κ2) is 9.03. The number of aliphatic hydroxyl groups is 1. The van der Waals surface area contributed by atoms with E-state index < -0.39 is 17.6 Å². The average Bonchev–Trinajstić information content (AvgIpc) is 2.93. The molecule has 28 heavy (non-hydrogen) atoms. The van der Waals surface area contributed by atoms with Gasteiger partial charge in [-0.25, -0.2) is 4.39 Å². The van der Waals surface area contributed by atoms with Gasteiger partial charge >= 0.3 is 0 Å². The van der Waals surface area contributed by atoms with E-state index in [9.17, 15) is 14.0 Å². The molecule has 1 N–H and O–H groups in total. The highest BCUT2D eigenvalue weighted by atomic mass is 32.2. The molecule has 1 aliphatic heterocycles. The molecule has 1 heterocycles. The SMILES string of the molecule is CCOc1ccc(C2=C(SCCO)C(=O)N(Cc3ccccc3F)C2=O)cc1. The molecule has 0 unspecified atom stereocenters. The minimum atomic E-state index is -0.476. The lowest BCUT2D eigenvalue weighted by molar-refractivity contribution is -0.137. The Hall–Kier alpha value is -2.64. The van der Waals surface area contributed by atoms with Crippen LogP contribution in [-0.2, 0) is 16.1 Å². The number of carbonyl (C=O) groups excluding carboxylic acids is 2. The Labute approximate surface area is 166 Å². The first-order valence-corrected chi connectivity index (χ1v) is 9.86. The summed E-state index contributed by atoms with van der Waals surface area (Å²) < 4.78 is 19.4. The molecule has 0 saturated carbocycles. The number of hydrogen-bond donors (Lipinski definition) is 1. The lowest BCUT2D eigenvalue weighted by Crippen LogP contribution is -2.31. The van der Waals surface area contributed by atoms with E-state index in [0.29, 0.717) is 17.9 Å². The molecule has 2 aromatic rings. The van der Waals surface area contributed by atoms with Crippen LogP contribution in [0.5, 0.6) is 5.75 Å². The van der Waals surface area contributed by atoms with E-state index in [4.69, 9.17) is 9.84 Å². The maximum absolute atomic E-state index is 14.0. The fourth-order valence-electron chi connectivity index (χ4n) is 2.92. The van der Waals surface area contributed by atoms with Gasteiger partial charge in [0.1, 0.15) is 11.6 Å². The third-order valence-electron chi connectivity index (χ3n) is 4.20. The Kier molecular flexibility index (Phi) is 6.49. The van der Waals surface area contributed by atoms with Gasteiger partial charge in [-0.2, -0.15) is 0 Å². The van der Waals surface area contributed by atoms with Crippen molar-refractivity contribution in [2.24, 2.45) is 0 Å². The summed E-state index contributed by atoms with van der Waals surface area (Å²) in [4.78, 5) is 27.2. The summed E-state index contributed by atoms with van der Waals surface area (Å²) in [6.45, 7) is 2.13. The molecule has 7 heteroatoms. The Morgan fingerprint density at radius 2 is 1.79 bits per heavy atom. The summed E-state index contributed by atoms with van der Waals surface area (Å²) in [7, 11) is 0. The Morgan fingerprint density at radius 3 is 2.43 bits per heavy atom. The number of carbonyl (C=O) groups is 2. The smallest absolute Gasteiger partial charge is 0.268 e. The molecule has 1 aliphatic rings. The molecule has 3 rings (SSSR count). The van der Waals surface area contributed by atoms with E-state index >= 15 is 0 Å². The van der Waals surface area contributed by atoms with Crippen molar-refractivity contribution in [3.05, 3.63) is 70.4 Å². The van der Waals surface area contributed by atoms with Crippen LogP contribution < -0.4 is 4.74 Å². The van der Waals surface area contributed by atoms with Crippen LogP contribution in [0.2, 0.25) is 0 Å². The Morgan fingerprint density at radius 1 is 1.07 bits per heavy atom. The molecule has 146 valence electrons. The molecule has 0 spiro atoms. The predicted octanol–water partition coefficient (Wildman–Crippen LogP) is 3.23. The molecule has 5 nitrogen and oxygen atoms in total. The van der Waals surface area contributed by atoms with Gasteiger partial charge in [-0.1, -0.05) is 30.3 Å². The third-order valence-corrected chi connectivity index (χ3v) is 5.26. The van der Waals surface area contributed by atoms with Crippen molar-refractivity contribution in [3.63, 3.8) is 0 Å². The molecule has 0 fully saturated rings. The molecule has 0 aromatic heterocycles. The second-order valence-corrected chi connectivity index (χ2v) is 7.13. The van der Waals surface area contributed by atoms with Crippen LogP contribution in [0, 0.1) is 5.82 Å². The van der Waals surface area contributed by atoms with E-state index in [1.807, 2.05) is 6.92 Å². The quantitative estimate of drug-likeness (QED) is 0.688. The van der Waals surface area contributed by atoms with Crippen LogP contribution in [0.1, 0.15) is 18.1 Å². The monoisotopic (exact) mass is 401 g/mol. The normalized spacial score (nSPS) is 14.2. The highest BCUT2D eigenvalue weighted by Crippen LogP contribution is 2.37. The van der Waals surface area contributed by atoms with Crippen LogP contribution in [0.25, 0.3) is 5.57 Å². The van der Waals surface area contributed by atoms with E-state index in [1.54, 1.807) is 42.5 Å². The minimum Gasteiger partial charge on any atom is -0.494 e. The maximum atomic E-state index is 14.0. The van der Waals surface area contributed by atoms with Crippen molar-refractivity contribution in [3.8, 4) is 5.75 Å². The number of thioether (sulfide) groups is 1. The number of hydrogen-bond acceptors (Lipinski definition) is 5. The van der Waals surface area contributed by atoms with Gasteiger partial charge < -0.3 is 9.84 Å². The third kappa shape index (κ3) is 4.10. The largest absolute Gasteiger partial charge is 0.494 e.